The molecule has 44 heteroatoms. The van der Waals surface area contributed by atoms with Gasteiger partial charge in [0.25, 0.3) is 47.9 Å². The van der Waals surface area contributed by atoms with Gasteiger partial charge in [0, 0.05) is 49.5 Å². The van der Waals surface area contributed by atoms with Crippen molar-refractivity contribution < 1.29 is 113 Å². The SMILES string of the molecule is CCc1ccc(-n2nc3ccc(OCC(F)F)nc3c(-c3ccc(OC(F)F)cc3)c2=O)cc1.COC1CC=C(n2nc3ccc(OCC(F)F)nc3c(-c3ccc(OC(F)F)cc3)c2=O)CC1.O=c1c(-c2ccc(OC(F)F)cc2)c2nc(OCC(F)F)ccc2nn1-c1ccncc1.O=c1c(-c2ccc(OC(F)F)cc2)c2nc(OCC(F)F)ccc2nn1-c1cncs1. The maximum absolute atomic E-state index is 13.6. The molecule has 15 aromatic rings. The van der Waals surface area contributed by atoms with Crippen molar-refractivity contribution in [2.45, 2.75) is 90.9 Å². The summed E-state index contributed by atoms with van der Waals surface area (Å²) in [5.74, 6) is -0.751. The van der Waals surface area contributed by atoms with Gasteiger partial charge in [0.2, 0.25) is 23.5 Å². The molecule has 0 saturated heterocycles. The normalized spacial score (nSPS) is 12.6. The molecule has 0 spiro atoms. The number of ether oxygens (including phenoxy) is 9. The molecule has 10 aromatic heterocycles. The third-order valence-corrected chi connectivity index (χ3v) is 19.5. The van der Waals surface area contributed by atoms with Gasteiger partial charge < -0.3 is 42.6 Å². The average Bonchev–Trinajstić information content (AvgIpc) is 1.48. The second-order valence-electron chi connectivity index (χ2n) is 27.2. The van der Waals surface area contributed by atoms with Crippen LogP contribution in [0.1, 0.15) is 31.7 Å². The van der Waals surface area contributed by atoms with Gasteiger partial charge in [-0.15, -0.1) is 11.3 Å². The van der Waals surface area contributed by atoms with Crippen molar-refractivity contribution in [3.05, 3.63) is 259 Å². The Morgan fingerprint density at radius 3 is 0.977 bits per heavy atom. The van der Waals surface area contributed by atoms with Crippen LogP contribution in [-0.2, 0) is 11.2 Å². The van der Waals surface area contributed by atoms with E-state index < -0.39 is 101 Å². The Bertz CT molecular complexity index is 6730. The summed E-state index contributed by atoms with van der Waals surface area (Å²) in [5.41, 5.74) is 5.63. The van der Waals surface area contributed by atoms with E-state index in [1.54, 1.807) is 31.4 Å². The zero-order valence-corrected chi connectivity index (χ0v) is 68.4. The van der Waals surface area contributed by atoms with Gasteiger partial charge in [-0.05, 0) is 151 Å². The number of hydrogen-bond donors (Lipinski definition) is 0. The number of nitrogens with zero attached hydrogens (tertiary/aromatic N) is 14. The highest BCUT2D eigenvalue weighted by Gasteiger charge is 2.27. The lowest BCUT2D eigenvalue weighted by molar-refractivity contribution is -0.0505. The monoisotopic (exact) mass is 1850 g/mol. The minimum absolute atomic E-state index is 0.0537. The van der Waals surface area contributed by atoms with Gasteiger partial charge in [-0.1, -0.05) is 73.7 Å². The lowest BCUT2D eigenvalue weighted by atomic mass is 10.0. The molecule has 0 amide bonds. The Hall–Kier alpha value is -15.0. The molecule has 0 saturated carbocycles. The van der Waals surface area contributed by atoms with Gasteiger partial charge in [-0.2, -0.15) is 69.6 Å². The Morgan fingerprint density at radius 2 is 0.687 bits per heavy atom. The Kier molecular flexibility index (Phi) is 30.9. The Labute approximate surface area is 730 Å². The van der Waals surface area contributed by atoms with Crippen molar-refractivity contribution in [2.75, 3.05) is 33.5 Å². The molecule has 131 heavy (non-hydrogen) atoms. The Morgan fingerprint density at radius 1 is 0.374 bits per heavy atom. The van der Waals surface area contributed by atoms with Crippen molar-refractivity contribution >= 4 is 61.2 Å². The van der Waals surface area contributed by atoms with E-state index in [9.17, 15) is 89.4 Å². The zero-order valence-electron chi connectivity index (χ0n) is 67.6. The largest absolute Gasteiger partial charge is 0.472 e. The Balaban J connectivity index is 0.000000149. The summed E-state index contributed by atoms with van der Waals surface area (Å²) < 4.78 is 248. The van der Waals surface area contributed by atoms with Gasteiger partial charge in [0.1, 0.15) is 72.1 Å². The second kappa shape index (κ2) is 43.2. The molecule has 0 fully saturated rings. The number of allylic oxidation sites excluding steroid dienone is 1. The summed E-state index contributed by atoms with van der Waals surface area (Å²) >= 11 is 1.18. The predicted octanol–water partition coefficient (Wildman–Crippen LogP) is 18.2. The fourth-order valence-corrected chi connectivity index (χ4v) is 13.5. The van der Waals surface area contributed by atoms with E-state index in [2.05, 4.69) is 69.2 Å². The molecule has 1 atom stereocenters. The number of methoxy groups -OCH3 is 1. The molecule has 0 radical (unpaired) electrons. The average molecular weight is 1850 g/mol. The van der Waals surface area contributed by atoms with Gasteiger partial charge >= 0.3 is 26.4 Å². The van der Waals surface area contributed by atoms with Gasteiger partial charge in [0.15, 0.2) is 26.4 Å². The molecule has 0 aliphatic heterocycles. The molecule has 680 valence electrons. The minimum atomic E-state index is -3.00. The molecule has 1 aliphatic carbocycles. The smallest absolute Gasteiger partial charge is 0.387 e. The topological polar surface area (TPSA) is 300 Å². The van der Waals surface area contributed by atoms with Crippen LogP contribution in [-0.4, -0.2) is 161 Å². The van der Waals surface area contributed by atoms with Crippen molar-refractivity contribution in [3.63, 3.8) is 0 Å². The lowest BCUT2D eigenvalue weighted by Gasteiger charge is -2.21. The van der Waals surface area contributed by atoms with Crippen LogP contribution in [0.5, 0.6) is 46.5 Å². The zero-order chi connectivity index (χ0) is 93.1. The van der Waals surface area contributed by atoms with Gasteiger partial charge in [-0.25, -0.2) is 59.7 Å². The number of fused-ring (bicyclic) bond motifs is 4. The van der Waals surface area contributed by atoms with Crippen LogP contribution in [0.2, 0.25) is 0 Å². The van der Waals surface area contributed by atoms with Crippen LogP contribution < -0.4 is 60.1 Å². The van der Waals surface area contributed by atoms with Crippen molar-refractivity contribution in [3.8, 4) is 107 Å². The quantitative estimate of drug-likeness (QED) is 0.0378. The first-order valence-corrected chi connectivity index (χ1v) is 39.6. The molecule has 10 heterocycles. The highest BCUT2D eigenvalue weighted by Crippen LogP contribution is 2.35. The molecule has 16 rings (SSSR count). The predicted molar refractivity (Wildman–Crippen MR) is 445 cm³/mol. The second-order valence-corrected chi connectivity index (χ2v) is 28.1. The number of aromatic nitrogens is 14. The van der Waals surface area contributed by atoms with E-state index in [0.717, 1.165) is 21.3 Å². The first-order valence-electron chi connectivity index (χ1n) is 38.8. The van der Waals surface area contributed by atoms with Crippen molar-refractivity contribution in [1.29, 1.82) is 0 Å². The maximum atomic E-state index is 13.6. The highest BCUT2D eigenvalue weighted by atomic mass is 32.1. The van der Waals surface area contributed by atoms with Crippen molar-refractivity contribution in [1.82, 2.24) is 69.0 Å². The van der Waals surface area contributed by atoms with Gasteiger partial charge in [-0.3, -0.25) is 29.1 Å². The van der Waals surface area contributed by atoms with Crippen LogP contribution in [0.4, 0.5) is 70.2 Å². The number of hydrogen-bond acceptors (Lipinski definition) is 24. The van der Waals surface area contributed by atoms with Crippen LogP contribution >= 0.6 is 11.3 Å². The molecular formula is C87H66F16N14O13S. The number of thiazole rings is 1. The number of aryl methyl sites for hydroxylation is 1. The maximum Gasteiger partial charge on any atom is 0.387 e. The van der Waals surface area contributed by atoms with Crippen LogP contribution in [0.3, 0.4) is 0 Å². The van der Waals surface area contributed by atoms with Gasteiger partial charge in [0.05, 0.1) is 51.4 Å². The third kappa shape index (κ3) is 23.9. The highest BCUT2D eigenvalue weighted by molar-refractivity contribution is 7.12. The van der Waals surface area contributed by atoms with Crippen LogP contribution in [0, 0.1) is 0 Å². The van der Waals surface area contributed by atoms with E-state index in [1.165, 1.54) is 190 Å². The molecule has 27 nitrogen and oxygen atoms in total. The van der Waals surface area contributed by atoms with E-state index >= 15 is 0 Å². The summed E-state index contributed by atoms with van der Waals surface area (Å²) in [6.07, 6.45) is -1.71. The first-order chi connectivity index (χ1) is 63.0. The summed E-state index contributed by atoms with van der Waals surface area (Å²) in [6, 6.07) is 43.7. The molecule has 1 unspecified atom stereocenters. The number of rotatable bonds is 30. The molecule has 1 aliphatic rings. The minimum Gasteiger partial charge on any atom is -0.472 e. The van der Waals surface area contributed by atoms with Crippen molar-refractivity contribution in [2.24, 2.45) is 0 Å². The van der Waals surface area contributed by atoms with Crippen LogP contribution in [0.15, 0.2) is 231 Å². The summed E-state index contributed by atoms with van der Waals surface area (Å²) in [5, 5.41) is 17.9. The summed E-state index contributed by atoms with van der Waals surface area (Å²) in [4.78, 5) is 78.4. The van der Waals surface area contributed by atoms with Crippen LogP contribution in [0.25, 0.3) is 111 Å². The number of alkyl halides is 16. The molecule has 0 N–H and O–H groups in total. The molecular weight excluding hydrogens is 1790 g/mol. The lowest BCUT2D eigenvalue weighted by Crippen LogP contribution is -2.27. The first kappa shape index (κ1) is 93.7. The van der Waals surface area contributed by atoms with E-state index in [4.69, 9.17) is 23.7 Å². The number of halogens is 16. The van der Waals surface area contributed by atoms with E-state index in [0.29, 0.717) is 80.1 Å². The number of pyridine rings is 5. The fourth-order valence-electron chi connectivity index (χ4n) is 13.0. The molecule has 0 bridgehead atoms. The third-order valence-electron chi connectivity index (χ3n) is 18.8. The molecule has 5 aromatic carbocycles. The number of benzene rings is 5. The standard InChI is InChI=1S/C24H19F4N3O3.C23H21F4N3O4.C21H14F4N4O3.C19H12F4N4O3S/c1-2-14-3-7-16(8-4-14)31-23(32)21(15-5-9-17(10-6-15)34-24(27)28)22-18(30-31)11-12-20(29-22)33-13-19(25)26;1-32-15-8-4-14(5-9-15)30-22(31)20(13-2-6-16(7-3-13)34-23(26)27)21-17(29-30)10-11-19(28-21)33-12-18(24)25;22-16(23)11-31-17-6-5-15-19(27-17)18(12-1-3-14(4-2-12)32-21(24)25)20(30)29(28-15)13-7-9-26-10-8-13;20-13(21)8-29-14-6-5-12-17(25-14)16(10-1-3-11(4-2-10)30-19(22)23)18(28)27(26-12)15-7-24-9-31-15/h3-12,19,24H,2,13H2,1H3;2-4,6-7,10-11,15,18,23H,5,8-9,12H2,1H3;1-10,16,21H,11H2;1-7,9,13,19H,8H2. The fraction of sp³-hybridized carbons (Fsp3) is 0.218. The summed E-state index contributed by atoms with van der Waals surface area (Å²) in [6.45, 7) is -13.4. The van der Waals surface area contributed by atoms with E-state index in [1.807, 2.05) is 25.1 Å². The summed E-state index contributed by atoms with van der Waals surface area (Å²) in [7, 11) is 1.63. The van der Waals surface area contributed by atoms with E-state index in [-0.39, 0.29) is 102 Å².